The molecule has 0 saturated heterocycles. The number of rotatable bonds is 5. The van der Waals surface area contributed by atoms with Crippen molar-refractivity contribution < 1.29 is 0 Å². The van der Waals surface area contributed by atoms with Gasteiger partial charge in [-0.1, -0.05) is 30.7 Å². The van der Waals surface area contributed by atoms with Crippen LogP contribution in [0.4, 0.5) is 0 Å². The van der Waals surface area contributed by atoms with Crippen molar-refractivity contribution in [1.82, 2.24) is 15.5 Å². The van der Waals surface area contributed by atoms with E-state index in [0.29, 0.717) is 0 Å². The molecule has 90 valence electrons. The van der Waals surface area contributed by atoms with Crippen molar-refractivity contribution in [3.8, 4) is 11.3 Å². The summed E-state index contributed by atoms with van der Waals surface area (Å²) >= 11 is 5.85. The van der Waals surface area contributed by atoms with Crippen LogP contribution in [0.1, 0.15) is 19.0 Å². The number of halogens is 1. The molecular formula is C13H16ClN3. The second-order valence-electron chi connectivity index (χ2n) is 3.96. The van der Waals surface area contributed by atoms with Crippen LogP contribution in [-0.2, 0) is 6.54 Å². The molecule has 0 spiro atoms. The van der Waals surface area contributed by atoms with Gasteiger partial charge in [0.2, 0.25) is 0 Å². The Hall–Kier alpha value is -1.32. The van der Waals surface area contributed by atoms with E-state index in [9.17, 15) is 0 Å². The van der Waals surface area contributed by atoms with Crippen molar-refractivity contribution in [2.24, 2.45) is 0 Å². The summed E-state index contributed by atoms with van der Waals surface area (Å²) in [6.45, 7) is 4.00. The Morgan fingerprint density at radius 3 is 2.76 bits per heavy atom. The number of benzene rings is 1. The molecule has 2 N–H and O–H groups in total. The van der Waals surface area contributed by atoms with Crippen molar-refractivity contribution in [3.63, 3.8) is 0 Å². The van der Waals surface area contributed by atoms with E-state index in [1.165, 1.54) is 0 Å². The molecule has 0 radical (unpaired) electrons. The molecule has 4 heteroatoms. The van der Waals surface area contributed by atoms with Crippen LogP contribution in [0.15, 0.2) is 30.3 Å². The van der Waals surface area contributed by atoms with Crippen molar-refractivity contribution in [3.05, 3.63) is 41.0 Å². The number of hydrogen-bond acceptors (Lipinski definition) is 2. The zero-order valence-corrected chi connectivity index (χ0v) is 10.6. The van der Waals surface area contributed by atoms with Gasteiger partial charge in [0.1, 0.15) is 0 Å². The Balaban J connectivity index is 2.04. The third kappa shape index (κ3) is 3.32. The summed E-state index contributed by atoms with van der Waals surface area (Å²) in [6.07, 6.45) is 1.14. The second kappa shape index (κ2) is 5.84. The molecule has 0 saturated carbocycles. The van der Waals surface area contributed by atoms with E-state index >= 15 is 0 Å². The highest BCUT2D eigenvalue weighted by Crippen LogP contribution is 2.19. The number of nitrogens with zero attached hydrogens (tertiary/aromatic N) is 1. The minimum Gasteiger partial charge on any atom is -0.311 e. The summed E-state index contributed by atoms with van der Waals surface area (Å²) in [5.74, 6) is 0. The SMILES string of the molecule is CCCNCc1cc(-c2ccc(Cl)cc2)n[nH]1. The Kier molecular flexibility index (Phi) is 4.18. The molecule has 0 aliphatic rings. The maximum Gasteiger partial charge on any atom is 0.0924 e. The van der Waals surface area contributed by atoms with E-state index < -0.39 is 0 Å². The Morgan fingerprint density at radius 2 is 2.06 bits per heavy atom. The fourth-order valence-corrected chi connectivity index (χ4v) is 1.75. The van der Waals surface area contributed by atoms with Gasteiger partial charge >= 0.3 is 0 Å². The first kappa shape index (κ1) is 12.1. The van der Waals surface area contributed by atoms with Crippen molar-refractivity contribution in [2.45, 2.75) is 19.9 Å². The van der Waals surface area contributed by atoms with Crippen LogP contribution in [0.3, 0.4) is 0 Å². The summed E-state index contributed by atoms with van der Waals surface area (Å²) in [7, 11) is 0. The lowest BCUT2D eigenvalue weighted by Gasteiger charge is -1.98. The highest BCUT2D eigenvalue weighted by atomic mass is 35.5. The summed E-state index contributed by atoms with van der Waals surface area (Å²) in [4.78, 5) is 0. The summed E-state index contributed by atoms with van der Waals surface area (Å²) in [6, 6.07) is 9.76. The number of aromatic amines is 1. The molecule has 1 heterocycles. The first-order chi connectivity index (χ1) is 8.29. The third-order valence-corrected chi connectivity index (χ3v) is 2.77. The molecular weight excluding hydrogens is 234 g/mol. The number of nitrogens with one attached hydrogen (secondary N) is 2. The van der Waals surface area contributed by atoms with Crippen molar-refractivity contribution >= 4 is 11.6 Å². The van der Waals surface area contributed by atoms with E-state index in [-0.39, 0.29) is 0 Å². The monoisotopic (exact) mass is 249 g/mol. The predicted molar refractivity (Wildman–Crippen MR) is 71.0 cm³/mol. The van der Waals surface area contributed by atoms with Crippen LogP contribution in [0.2, 0.25) is 5.02 Å². The van der Waals surface area contributed by atoms with Crippen LogP contribution in [0.5, 0.6) is 0 Å². The quantitative estimate of drug-likeness (QED) is 0.799. The first-order valence-corrected chi connectivity index (χ1v) is 6.18. The van der Waals surface area contributed by atoms with Gasteiger partial charge in [0, 0.05) is 22.8 Å². The van der Waals surface area contributed by atoms with Crippen molar-refractivity contribution in [2.75, 3.05) is 6.54 Å². The van der Waals surface area contributed by atoms with Gasteiger partial charge in [-0.3, -0.25) is 5.10 Å². The normalized spacial score (nSPS) is 10.7. The molecule has 0 aliphatic heterocycles. The van der Waals surface area contributed by atoms with E-state index in [4.69, 9.17) is 11.6 Å². The highest BCUT2D eigenvalue weighted by molar-refractivity contribution is 6.30. The summed E-state index contributed by atoms with van der Waals surface area (Å²) in [5.41, 5.74) is 3.13. The van der Waals surface area contributed by atoms with Crippen LogP contribution < -0.4 is 5.32 Å². The first-order valence-electron chi connectivity index (χ1n) is 5.80. The van der Waals surface area contributed by atoms with E-state index in [0.717, 1.165) is 41.5 Å². The second-order valence-corrected chi connectivity index (χ2v) is 4.40. The lowest BCUT2D eigenvalue weighted by Crippen LogP contribution is -2.13. The minimum absolute atomic E-state index is 0.745. The molecule has 3 nitrogen and oxygen atoms in total. The topological polar surface area (TPSA) is 40.7 Å². The smallest absolute Gasteiger partial charge is 0.0924 e. The molecule has 1 aromatic carbocycles. The number of aromatic nitrogens is 2. The maximum absolute atomic E-state index is 5.85. The molecule has 2 rings (SSSR count). The lowest BCUT2D eigenvalue weighted by atomic mass is 10.1. The number of H-pyrrole nitrogens is 1. The van der Waals surface area contributed by atoms with Gasteiger partial charge in [0.05, 0.1) is 5.69 Å². The molecule has 0 atom stereocenters. The Labute approximate surface area is 106 Å². The van der Waals surface area contributed by atoms with Gasteiger partial charge in [-0.15, -0.1) is 0 Å². The molecule has 0 amide bonds. The molecule has 0 aliphatic carbocycles. The standard InChI is InChI=1S/C13H16ClN3/c1-2-7-15-9-12-8-13(17-16-12)10-3-5-11(14)6-4-10/h3-6,8,15H,2,7,9H2,1H3,(H,16,17). The maximum atomic E-state index is 5.85. The largest absolute Gasteiger partial charge is 0.311 e. The average molecular weight is 250 g/mol. The summed E-state index contributed by atoms with van der Waals surface area (Å²) in [5, 5.41) is 11.4. The zero-order chi connectivity index (χ0) is 12.1. The zero-order valence-electron chi connectivity index (χ0n) is 9.83. The van der Waals surface area contributed by atoms with Gasteiger partial charge in [0.15, 0.2) is 0 Å². The summed E-state index contributed by atoms with van der Waals surface area (Å²) < 4.78 is 0. The van der Waals surface area contributed by atoms with Crippen LogP contribution in [0.25, 0.3) is 11.3 Å². The van der Waals surface area contributed by atoms with Gasteiger partial charge in [-0.05, 0) is 31.2 Å². The lowest BCUT2D eigenvalue weighted by molar-refractivity contribution is 0.662. The van der Waals surface area contributed by atoms with Gasteiger partial charge in [0.25, 0.3) is 0 Å². The molecule has 0 unspecified atom stereocenters. The van der Waals surface area contributed by atoms with E-state index in [2.05, 4.69) is 28.5 Å². The van der Waals surface area contributed by atoms with Gasteiger partial charge in [-0.2, -0.15) is 5.10 Å². The van der Waals surface area contributed by atoms with Gasteiger partial charge in [-0.25, -0.2) is 0 Å². The third-order valence-electron chi connectivity index (χ3n) is 2.51. The fourth-order valence-electron chi connectivity index (χ4n) is 1.62. The van der Waals surface area contributed by atoms with Crippen LogP contribution >= 0.6 is 11.6 Å². The van der Waals surface area contributed by atoms with E-state index in [1.54, 1.807) is 0 Å². The molecule has 0 fully saturated rings. The van der Waals surface area contributed by atoms with Crippen LogP contribution in [-0.4, -0.2) is 16.7 Å². The minimum atomic E-state index is 0.745. The molecule has 2 aromatic rings. The fraction of sp³-hybridized carbons (Fsp3) is 0.308. The number of hydrogen-bond donors (Lipinski definition) is 2. The van der Waals surface area contributed by atoms with Gasteiger partial charge < -0.3 is 5.32 Å². The molecule has 1 aromatic heterocycles. The van der Waals surface area contributed by atoms with E-state index in [1.807, 2.05) is 24.3 Å². The highest BCUT2D eigenvalue weighted by Gasteiger charge is 2.03. The van der Waals surface area contributed by atoms with Crippen molar-refractivity contribution in [1.29, 1.82) is 0 Å². The predicted octanol–water partition coefficient (Wildman–Crippen LogP) is 3.23. The Morgan fingerprint density at radius 1 is 1.29 bits per heavy atom. The Bertz CT molecular complexity index is 462. The molecule has 0 bridgehead atoms. The van der Waals surface area contributed by atoms with Crippen LogP contribution in [0, 0.1) is 0 Å². The average Bonchev–Trinajstić information content (AvgIpc) is 2.79. The molecule has 17 heavy (non-hydrogen) atoms.